The van der Waals surface area contributed by atoms with Crippen molar-refractivity contribution >= 4 is 0 Å². The lowest BCUT2D eigenvalue weighted by molar-refractivity contribution is -0.175. The van der Waals surface area contributed by atoms with Crippen molar-refractivity contribution in [1.29, 1.82) is 0 Å². The van der Waals surface area contributed by atoms with E-state index in [9.17, 15) is 18.3 Å². The van der Waals surface area contributed by atoms with Crippen molar-refractivity contribution in [3.8, 4) is 0 Å². The van der Waals surface area contributed by atoms with E-state index in [-0.39, 0.29) is 19.4 Å². The van der Waals surface area contributed by atoms with Gasteiger partial charge in [0, 0.05) is 20.1 Å². The Bertz CT molecular complexity index is 340. The van der Waals surface area contributed by atoms with Gasteiger partial charge in [-0.15, -0.1) is 0 Å². The van der Waals surface area contributed by atoms with Crippen LogP contribution in [-0.2, 0) is 18.2 Å². The SMILES string of the molecule is Cn1ncnc1CC(O)CCOCC(F)(F)F. The van der Waals surface area contributed by atoms with Crippen molar-refractivity contribution in [3.05, 3.63) is 12.2 Å². The summed E-state index contributed by atoms with van der Waals surface area (Å²) in [6.07, 6.45) is -3.39. The smallest absolute Gasteiger partial charge is 0.393 e. The number of halogens is 3. The Morgan fingerprint density at radius 3 is 2.76 bits per heavy atom. The fourth-order valence-corrected chi connectivity index (χ4v) is 1.23. The average molecular weight is 253 g/mol. The third-order valence-electron chi connectivity index (χ3n) is 2.08. The average Bonchev–Trinajstić information content (AvgIpc) is 2.58. The van der Waals surface area contributed by atoms with Crippen LogP contribution in [0.5, 0.6) is 0 Å². The maximum absolute atomic E-state index is 11.7. The van der Waals surface area contributed by atoms with Crippen LogP contribution in [0.4, 0.5) is 13.2 Å². The van der Waals surface area contributed by atoms with Crippen LogP contribution in [0.2, 0.25) is 0 Å². The second-order valence-electron chi connectivity index (χ2n) is 3.61. The molecule has 17 heavy (non-hydrogen) atoms. The maximum atomic E-state index is 11.7. The second kappa shape index (κ2) is 5.97. The number of aryl methyl sites for hydroxylation is 1. The van der Waals surface area contributed by atoms with E-state index in [0.717, 1.165) is 0 Å². The minimum absolute atomic E-state index is 0.128. The van der Waals surface area contributed by atoms with Gasteiger partial charge in [-0.2, -0.15) is 18.3 Å². The monoisotopic (exact) mass is 253 g/mol. The molecule has 1 unspecified atom stereocenters. The van der Waals surface area contributed by atoms with Crippen LogP contribution < -0.4 is 0 Å². The van der Waals surface area contributed by atoms with Crippen LogP contribution in [0.15, 0.2) is 6.33 Å². The Morgan fingerprint density at radius 1 is 1.53 bits per heavy atom. The Kier molecular flexibility index (Phi) is 4.88. The van der Waals surface area contributed by atoms with Crippen LogP contribution in [0.25, 0.3) is 0 Å². The summed E-state index contributed by atoms with van der Waals surface area (Å²) < 4.78 is 41.1. The topological polar surface area (TPSA) is 60.2 Å². The molecule has 1 aromatic heterocycles. The van der Waals surface area contributed by atoms with Gasteiger partial charge in [0.25, 0.3) is 0 Å². The minimum Gasteiger partial charge on any atom is -0.393 e. The van der Waals surface area contributed by atoms with Crippen molar-refractivity contribution in [2.75, 3.05) is 13.2 Å². The third kappa shape index (κ3) is 5.64. The van der Waals surface area contributed by atoms with E-state index >= 15 is 0 Å². The zero-order valence-corrected chi connectivity index (χ0v) is 9.31. The van der Waals surface area contributed by atoms with Crippen molar-refractivity contribution in [3.63, 3.8) is 0 Å². The van der Waals surface area contributed by atoms with Gasteiger partial charge in [-0.1, -0.05) is 0 Å². The fraction of sp³-hybridized carbons (Fsp3) is 0.778. The highest BCUT2D eigenvalue weighted by atomic mass is 19.4. The first-order valence-corrected chi connectivity index (χ1v) is 5.04. The third-order valence-corrected chi connectivity index (χ3v) is 2.08. The molecular weight excluding hydrogens is 239 g/mol. The van der Waals surface area contributed by atoms with Gasteiger partial charge in [0.15, 0.2) is 0 Å². The highest BCUT2D eigenvalue weighted by Crippen LogP contribution is 2.14. The molecule has 1 rings (SSSR count). The number of hydrogen-bond acceptors (Lipinski definition) is 4. The lowest BCUT2D eigenvalue weighted by Crippen LogP contribution is -2.21. The van der Waals surface area contributed by atoms with Crippen LogP contribution in [0.1, 0.15) is 12.2 Å². The number of aliphatic hydroxyl groups is 1. The Morgan fingerprint density at radius 2 is 2.24 bits per heavy atom. The Labute approximate surface area is 96.2 Å². The number of aliphatic hydroxyl groups excluding tert-OH is 1. The molecule has 0 radical (unpaired) electrons. The van der Waals surface area contributed by atoms with Gasteiger partial charge in [-0.3, -0.25) is 4.68 Å². The van der Waals surface area contributed by atoms with Gasteiger partial charge in [-0.25, -0.2) is 4.98 Å². The molecule has 1 heterocycles. The molecule has 1 N–H and O–H groups in total. The largest absolute Gasteiger partial charge is 0.411 e. The van der Waals surface area contributed by atoms with Gasteiger partial charge in [0.1, 0.15) is 18.8 Å². The van der Waals surface area contributed by atoms with E-state index < -0.39 is 18.9 Å². The predicted molar refractivity (Wildman–Crippen MR) is 52.2 cm³/mol. The Balaban J connectivity index is 2.18. The van der Waals surface area contributed by atoms with E-state index in [1.54, 1.807) is 7.05 Å². The first-order valence-electron chi connectivity index (χ1n) is 5.04. The van der Waals surface area contributed by atoms with E-state index in [0.29, 0.717) is 5.82 Å². The molecule has 5 nitrogen and oxygen atoms in total. The normalized spacial score (nSPS) is 13.9. The quantitative estimate of drug-likeness (QED) is 0.758. The molecule has 0 bridgehead atoms. The molecule has 0 spiro atoms. The van der Waals surface area contributed by atoms with E-state index in [1.807, 2.05) is 0 Å². The number of alkyl halides is 3. The van der Waals surface area contributed by atoms with Crippen LogP contribution in [0, 0.1) is 0 Å². The zero-order chi connectivity index (χ0) is 12.9. The molecule has 0 fully saturated rings. The fourth-order valence-electron chi connectivity index (χ4n) is 1.23. The summed E-state index contributed by atoms with van der Waals surface area (Å²) in [4.78, 5) is 3.89. The molecule has 1 aromatic rings. The summed E-state index contributed by atoms with van der Waals surface area (Å²) in [5.74, 6) is 0.577. The van der Waals surface area contributed by atoms with E-state index in [1.165, 1.54) is 11.0 Å². The predicted octanol–water partition coefficient (Wildman–Crippen LogP) is 0.688. The number of nitrogens with zero attached hydrogens (tertiary/aromatic N) is 3. The minimum atomic E-state index is -4.32. The summed E-state index contributed by atoms with van der Waals surface area (Å²) in [5.41, 5.74) is 0. The number of ether oxygens (including phenoxy) is 1. The van der Waals surface area contributed by atoms with Crippen molar-refractivity contribution < 1.29 is 23.0 Å². The highest BCUT2D eigenvalue weighted by molar-refractivity contribution is 4.86. The highest BCUT2D eigenvalue weighted by Gasteiger charge is 2.27. The molecule has 0 amide bonds. The number of rotatable bonds is 6. The van der Waals surface area contributed by atoms with E-state index in [4.69, 9.17) is 0 Å². The summed E-state index contributed by atoms with van der Waals surface area (Å²) >= 11 is 0. The first-order chi connectivity index (χ1) is 7.88. The molecule has 8 heteroatoms. The summed E-state index contributed by atoms with van der Waals surface area (Å²) in [5, 5.41) is 13.3. The van der Waals surface area contributed by atoms with Crippen LogP contribution >= 0.6 is 0 Å². The van der Waals surface area contributed by atoms with Gasteiger partial charge in [0.05, 0.1) is 6.10 Å². The molecule has 1 atom stereocenters. The molecule has 0 saturated carbocycles. The zero-order valence-electron chi connectivity index (χ0n) is 9.31. The molecule has 0 aliphatic rings. The van der Waals surface area contributed by atoms with Crippen LogP contribution in [-0.4, -0.2) is 45.4 Å². The lowest BCUT2D eigenvalue weighted by Gasteiger charge is -2.11. The summed E-state index contributed by atoms with van der Waals surface area (Å²) in [6.45, 7) is -1.43. The van der Waals surface area contributed by atoms with Crippen molar-refractivity contribution in [2.24, 2.45) is 7.05 Å². The van der Waals surface area contributed by atoms with Gasteiger partial charge >= 0.3 is 6.18 Å². The molecule has 0 aliphatic heterocycles. The van der Waals surface area contributed by atoms with E-state index in [2.05, 4.69) is 14.8 Å². The number of aromatic nitrogens is 3. The first kappa shape index (κ1) is 13.9. The Hall–Kier alpha value is -1.15. The van der Waals surface area contributed by atoms with Crippen molar-refractivity contribution in [1.82, 2.24) is 14.8 Å². The lowest BCUT2D eigenvalue weighted by atomic mass is 10.2. The van der Waals surface area contributed by atoms with Crippen LogP contribution in [0.3, 0.4) is 0 Å². The summed E-state index contributed by atoms with van der Waals surface area (Å²) in [6, 6.07) is 0. The molecule has 98 valence electrons. The molecule has 0 aliphatic carbocycles. The van der Waals surface area contributed by atoms with Gasteiger partial charge in [0.2, 0.25) is 0 Å². The standard InChI is InChI=1S/C9H14F3N3O2/c1-15-8(13-6-14-15)4-7(16)2-3-17-5-9(10,11)12/h6-7,16H,2-5H2,1H3. The van der Waals surface area contributed by atoms with Crippen molar-refractivity contribution in [2.45, 2.75) is 25.1 Å². The summed E-state index contributed by atoms with van der Waals surface area (Å²) in [7, 11) is 1.68. The molecule has 0 saturated heterocycles. The molecular formula is C9H14F3N3O2. The number of hydrogen-bond donors (Lipinski definition) is 1. The van der Waals surface area contributed by atoms with Gasteiger partial charge in [-0.05, 0) is 6.42 Å². The van der Waals surface area contributed by atoms with Gasteiger partial charge < -0.3 is 9.84 Å². The molecule has 0 aromatic carbocycles. The second-order valence-corrected chi connectivity index (χ2v) is 3.61. The maximum Gasteiger partial charge on any atom is 0.411 e.